The predicted molar refractivity (Wildman–Crippen MR) is 105 cm³/mol. The third kappa shape index (κ3) is 3.48. The van der Waals surface area contributed by atoms with E-state index in [1.807, 2.05) is 41.5 Å². The lowest BCUT2D eigenvalue weighted by molar-refractivity contribution is -0.145. The molecule has 0 spiro atoms. The highest BCUT2D eigenvalue weighted by Gasteiger charge is 2.38. The van der Waals surface area contributed by atoms with Crippen LogP contribution >= 0.6 is 0 Å². The van der Waals surface area contributed by atoms with E-state index in [-0.39, 0.29) is 11.3 Å². The van der Waals surface area contributed by atoms with Crippen molar-refractivity contribution in [1.29, 1.82) is 0 Å². The van der Waals surface area contributed by atoms with Crippen molar-refractivity contribution in [3.05, 3.63) is 53.3 Å². The van der Waals surface area contributed by atoms with Crippen LogP contribution in [0.3, 0.4) is 0 Å². The molecule has 1 aromatic heterocycles. The van der Waals surface area contributed by atoms with Crippen LogP contribution in [0.15, 0.2) is 36.4 Å². The second-order valence-electron chi connectivity index (χ2n) is 9.15. The summed E-state index contributed by atoms with van der Waals surface area (Å²) >= 11 is 0. The lowest BCUT2D eigenvalue weighted by Gasteiger charge is -2.28. The van der Waals surface area contributed by atoms with Gasteiger partial charge in [-0.1, -0.05) is 53.7 Å². The molecule has 28 heavy (non-hydrogen) atoms. The highest BCUT2D eigenvalue weighted by molar-refractivity contribution is 5.78. The van der Waals surface area contributed by atoms with Crippen LogP contribution in [0.2, 0.25) is 0 Å². The molecule has 0 aliphatic rings. The summed E-state index contributed by atoms with van der Waals surface area (Å²) < 4.78 is 42.5. The average molecular weight is 390 g/mol. The van der Waals surface area contributed by atoms with Crippen molar-refractivity contribution < 1.29 is 18.3 Å². The number of imidazole rings is 1. The van der Waals surface area contributed by atoms with Crippen molar-refractivity contribution in [2.24, 2.45) is 0 Å². The first-order valence-corrected chi connectivity index (χ1v) is 9.14. The number of para-hydroxylation sites is 2. The Labute approximate surface area is 162 Å². The molecule has 150 valence electrons. The van der Waals surface area contributed by atoms with E-state index in [0.717, 1.165) is 4.57 Å². The van der Waals surface area contributed by atoms with Crippen LogP contribution in [-0.2, 0) is 17.0 Å². The number of aromatic hydroxyl groups is 1. The van der Waals surface area contributed by atoms with E-state index < -0.39 is 22.8 Å². The Hall–Kier alpha value is -2.50. The Bertz CT molecular complexity index is 1000. The molecule has 0 amide bonds. The predicted octanol–water partition coefficient (Wildman–Crippen LogP) is 6.34. The Morgan fingerprint density at radius 2 is 1.36 bits per heavy atom. The van der Waals surface area contributed by atoms with E-state index in [1.54, 1.807) is 36.4 Å². The maximum Gasteiger partial charge on any atom is 0.450 e. The number of alkyl halides is 3. The monoisotopic (exact) mass is 390 g/mol. The van der Waals surface area contributed by atoms with Gasteiger partial charge in [-0.2, -0.15) is 13.2 Å². The Morgan fingerprint density at radius 3 is 1.82 bits per heavy atom. The fraction of sp³-hybridized carbons (Fsp3) is 0.409. The number of phenolic OH excluding ortho intramolecular Hbond substituents is 1. The minimum atomic E-state index is -4.61. The van der Waals surface area contributed by atoms with E-state index in [9.17, 15) is 18.3 Å². The van der Waals surface area contributed by atoms with Gasteiger partial charge in [-0.15, -0.1) is 0 Å². The second kappa shape index (κ2) is 6.26. The lowest BCUT2D eigenvalue weighted by atomic mass is 9.79. The summed E-state index contributed by atoms with van der Waals surface area (Å²) in [5, 5.41) is 10.9. The van der Waals surface area contributed by atoms with Crippen molar-refractivity contribution in [3.8, 4) is 11.4 Å². The molecule has 2 aromatic carbocycles. The largest absolute Gasteiger partial charge is 0.507 e. The summed E-state index contributed by atoms with van der Waals surface area (Å²) in [6.07, 6.45) is -4.61. The quantitative estimate of drug-likeness (QED) is 0.526. The van der Waals surface area contributed by atoms with Crippen LogP contribution in [0.5, 0.6) is 5.75 Å². The van der Waals surface area contributed by atoms with Crippen LogP contribution in [0.4, 0.5) is 13.2 Å². The van der Waals surface area contributed by atoms with Crippen molar-refractivity contribution in [2.45, 2.75) is 58.5 Å². The first-order chi connectivity index (χ1) is 12.7. The number of aromatic nitrogens is 2. The molecule has 0 radical (unpaired) electrons. The van der Waals surface area contributed by atoms with Crippen LogP contribution in [-0.4, -0.2) is 14.7 Å². The minimum Gasteiger partial charge on any atom is -0.507 e. The number of nitrogens with zero attached hydrogens (tertiary/aromatic N) is 2. The molecule has 0 aliphatic heterocycles. The summed E-state index contributed by atoms with van der Waals surface area (Å²) in [5.41, 5.74) is 1.29. The zero-order valence-electron chi connectivity index (χ0n) is 16.9. The SMILES string of the molecule is CC(C)(C)c1cc(-n2c(C(F)(F)F)nc3ccccc32)cc(C(C)(C)C)c1O. The maximum absolute atomic E-state index is 13.8. The fourth-order valence-electron chi connectivity index (χ4n) is 3.37. The molecule has 0 fully saturated rings. The molecular weight excluding hydrogens is 365 g/mol. The van der Waals surface area contributed by atoms with Crippen molar-refractivity contribution >= 4 is 11.0 Å². The fourth-order valence-corrected chi connectivity index (χ4v) is 3.37. The van der Waals surface area contributed by atoms with Crippen LogP contribution in [0, 0.1) is 0 Å². The summed E-state index contributed by atoms with van der Waals surface area (Å²) in [4.78, 5) is 3.84. The van der Waals surface area contributed by atoms with Gasteiger partial charge in [0.1, 0.15) is 5.75 Å². The number of phenols is 1. The smallest absolute Gasteiger partial charge is 0.450 e. The number of rotatable bonds is 1. The molecule has 6 heteroatoms. The molecule has 3 nitrogen and oxygen atoms in total. The van der Waals surface area contributed by atoms with E-state index in [1.165, 1.54) is 0 Å². The standard InChI is InChI=1S/C22H25F3N2O/c1-20(2,3)14-11-13(12-15(18(14)28)21(4,5)6)27-17-10-8-7-9-16(17)26-19(27)22(23,24)25/h7-12,28H,1-6H3. The van der Waals surface area contributed by atoms with Gasteiger partial charge in [0.15, 0.2) is 0 Å². The molecule has 0 saturated heterocycles. The van der Waals surface area contributed by atoms with E-state index in [2.05, 4.69) is 4.98 Å². The van der Waals surface area contributed by atoms with Gasteiger partial charge in [-0.3, -0.25) is 4.57 Å². The Balaban J connectivity index is 2.46. The molecular formula is C22H25F3N2O. The normalized spacial score (nSPS) is 13.3. The molecule has 0 atom stereocenters. The lowest BCUT2D eigenvalue weighted by Crippen LogP contribution is -2.19. The van der Waals surface area contributed by atoms with Crippen LogP contribution in [0.1, 0.15) is 58.5 Å². The highest BCUT2D eigenvalue weighted by atomic mass is 19.4. The van der Waals surface area contributed by atoms with Gasteiger partial charge in [0.2, 0.25) is 5.82 Å². The van der Waals surface area contributed by atoms with Gasteiger partial charge in [-0.05, 0) is 35.1 Å². The summed E-state index contributed by atoms with van der Waals surface area (Å²) in [6.45, 7) is 11.6. The van der Waals surface area contributed by atoms with Crippen molar-refractivity contribution in [2.75, 3.05) is 0 Å². The zero-order chi connectivity index (χ0) is 21.1. The Morgan fingerprint density at radius 1 is 0.857 bits per heavy atom. The molecule has 0 unspecified atom stereocenters. The molecule has 0 bridgehead atoms. The molecule has 3 aromatic rings. The topological polar surface area (TPSA) is 38.0 Å². The van der Waals surface area contributed by atoms with Gasteiger partial charge in [0.05, 0.1) is 11.0 Å². The van der Waals surface area contributed by atoms with Gasteiger partial charge in [-0.25, -0.2) is 4.98 Å². The molecule has 3 rings (SSSR count). The van der Waals surface area contributed by atoms with E-state index in [4.69, 9.17) is 0 Å². The summed E-state index contributed by atoms with van der Waals surface area (Å²) in [6, 6.07) is 9.81. The van der Waals surface area contributed by atoms with E-state index >= 15 is 0 Å². The minimum absolute atomic E-state index is 0.127. The molecule has 0 saturated carbocycles. The third-order valence-electron chi connectivity index (χ3n) is 4.78. The second-order valence-corrected chi connectivity index (χ2v) is 9.15. The molecule has 0 aliphatic carbocycles. The van der Waals surface area contributed by atoms with Crippen LogP contribution in [0.25, 0.3) is 16.7 Å². The number of fused-ring (bicyclic) bond motifs is 1. The van der Waals surface area contributed by atoms with Crippen molar-refractivity contribution in [1.82, 2.24) is 9.55 Å². The van der Waals surface area contributed by atoms with Gasteiger partial charge in [0.25, 0.3) is 0 Å². The average Bonchev–Trinajstić information content (AvgIpc) is 2.92. The van der Waals surface area contributed by atoms with Gasteiger partial charge >= 0.3 is 6.18 Å². The maximum atomic E-state index is 13.8. The zero-order valence-corrected chi connectivity index (χ0v) is 16.9. The molecule has 1 N–H and O–H groups in total. The number of halogens is 3. The summed E-state index contributed by atoms with van der Waals surface area (Å²) in [5.74, 6) is -0.846. The van der Waals surface area contributed by atoms with Gasteiger partial charge in [0, 0.05) is 16.8 Å². The third-order valence-corrected chi connectivity index (χ3v) is 4.78. The highest BCUT2D eigenvalue weighted by Crippen LogP contribution is 2.42. The van der Waals surface area contributed by atoms with Crippen LogP contribution < -0.4 is 0 Å². The van der Waals surface area contributed by atoms with Gasteiger partial charge < -0.3 is 5.11 Å². The van der Waals surface area contributed by atoms with E-state index in [0.29, 0.717) is 22.3 Å². The first kappa shape index (κ1) is 20.2. The Kier molecular flexibility index (Phi) is 4.52. The number of hydrogen-bond donors (Lipinski definition) is 1. The summed E-state index contributed by atoms with van der Waals surface area (Å²) in [7, 11) is 0. The number of hydrogen-bond acceptors (Lipinski definition) is 2. The first-order valence-electron chi connectivity index (χ1n) is 9.14. The van der Waals surface area contributed by atoms with Crippen molar-refractivity contribution in [3.63, 3.8) is 0 Å². The number of benzene rings is 2. The molecule has 1 heterocycles.